The molecule has 1 aromatic heterocycles. The summed E-state index contributed by atoms with van der Waals surface area (Å²) in [5.74, 6) is 0.945. The van der Waals surface area contributed by atoms with Crippen molar-refractivity contribution >= 4 is 41.2 Å². The highest BCUT2D eigenvalue weighted by molar-refractivity contribution is 8.00. The van der Waals surface area contributed by atoms with E-state index in [0.29, 0.717) is 10.0 Å². The van der Waals surface area contributed by atoms with Crippen LogP contribution < -0.4 is 0 Å². The molecule has 0 saturated heterocycles. The fourth-order valence-electron chi connectivity index (χ4n) is 2.40. The number of nitrogens with one attached hydrogen (secondary N) is 1. The molecular formula is C18H15Cl2N3S. The summed E-state index contributed by atoms with van der Waals surface area (Å²) in [6.45, 7) is 1.97. The number of hydrogen-bond acceptors (Lipinski definition) is 3. The van der Waals surface area contributed by atoms with Crippen molar-refractivity contribution < 1.29 is 0 Å². The maximum Gasteiger partial charge on any atom is 0.110 e. The number of halogens is 2. The molecule has 1 N–H and O–H groups in total. The van der Waals surface area contributed by atoms with Crippen LogP contribution >= 0.6 is 35.0 Å². The topological polar surface area (TPSA) is 41.7 Å². The smallest absolute Gasteiger partial charge is 0.110 e. The van der Waals surface area contributed by atoms with E-state index in [-0.39, 0.29) is 5.25 Å². The van der Waals surface area contributed by atoms with Crippen LogP contribution in [0, 0.1) is 12.3 Å². The molecule has 2 aromatic carbocycles. The first kappa shape index (κ1) is 17.1. The quantitative estimate of drug-likeness (QED) is 0.440. The number of nitrogens with zero attached hydrogens (tertiary/aromatic N) is 2. The molecule has 3 aromatic rings. The van der Waals surface area contributed by atoms with Crippen LogP contribution in [-0.4, -0.2) is 15.8 Å². The molecule has 122 valence electrons. The zero-order valence-electron chi connectivity index (χ0n) is 12.9. The SMILES string of the molecule is Cc1nccn1-c1ccc(SC(C=N)c2ccc(Cl)cc2Cl)cc1. The van der Waals surface area contributed by atoms with E-state index in [9.17, 15) is 0 Å². The normalized spacial score (nSPS) is 12.1. The van der Waals surface area contributed by atoms with Gasteiger partial charge < -0.3 is 9.98 Å². The van der Waals surface area contributed by atoms with Crippen LogP contribution in [-0.2, 0) is 0 Å². The molecule has 3 nitrogen and oxygen atoms in total. The van der Waals surface area contributed by atoms with Gasteiger partial charge in [-0.2, -0.15) is 0 Å². The largest absolute Gasteiger partial charge is 0.312 e. The van der Waals surface area contributed by atoms with E-state index < -0.39 is 0 Å². The molecule has 0 saturated carbocycles. The van der Waals surface area contributed by atoms with E-state index in [0.717, 1.165) is 22.0 Å². The molecule has 1 unspecified atom stereocenters. The highest BCUT2D eigenvalue weighted by Crippen LogP contribution is 2.38. The Hall–Kier alpha value is -1.75. The lowest BCUT2D eigenvalue weighted by molar-refractivity contribution is 0.972. The lowest BCUT2D eigenvalue weighted by Gasteiger charge is -2.14. The first-order valence-electron chi connectivity index (χ1n) is 7.31. The third-order valence-electron chi connectivity index (χ3n) is 3.62. The lowest BCUT2D eigenvalue weighted by atomic mass is 10.1. The van der Waals surface area contributed by atoms with Crippen molar-refractivity contribution in [3.8, 4) is 5.69 Å². The second kappa shape index (κ2) is 7.43. The van der Waals surface area contributed by atoms with Crippen LogP contribution in [0.25, 0.3) is 5.69 Å². The molecule has 0 radical (unpaired) electrons. The predicted octanol–water partition coefficient (Wildman–Crippen LogP) is 5.97. The molecule has 0 aliphatic heterocycles. The van der Waals surface area contributed by atoms with Gasteiger partial charge in [0.05, 0.1) is 5.25 Å². The van der Waals surface area contributed by atoms with Gasteiger partial charge in [0, 0.05) is 39.2 Å². The van der Waals surface area contributed by atoms with Crippen molar-refractivity contribution in [1.29, 1.82) is 5.41 Å². The zero-order valence-corrected chi connectivity index (χ0v) is 15.2. The van der Waals surface area contributed by atoms with Gasteiger partial charge >= 0.3 is 0 Å². The molecule has 0 bridgehead atoms. The number of aromatic nitrogens is 2. The second-order valence-electron chi connectivity index (χ2n) is 5.21. The van der Waals surface area contributed by atoms with Gasteiger partial charge in [0.25, 0.3) is 0 Å². The molecule has 0 amide bonds. The molecule has 0 spiro atoms. The van der Waals surface area contributed by atoms with Crippen LogP contribution in [0.1, 0.15) is 16.6 Å². The van der Waals surface area contributed by atoms with Gasteiger partial charge in [-0.25, -0.2) is 4.98 Å². The summed E-state index contributed by atoms with van der Waals surface area (Å²) in [5, 5.41) is 8.75. The van der Waals surface area contributed by atoms with E-state index >= 15 is 0 Å². The minimum Gasteiger partial charge on any atom is -0.312 e. The van der Waals surface area contributed by atoms with Crippen LogP contribution in [0.5, 0.6) is 0 Å². The molecule has 3 rings (SSSR count). The highest BCUT2D eigenvalue weighted by Gasteiger charge is 2.14. The second-order valence-corrected chi connectivity index (χ2v) is 7.27. The summed E-state index contributed by atoms with van der Waals surface area (Å²) in [7, 11) is 0. The van der Waals surface area contributed by atoms with Gasteiger partial charge in [0.1, 0.15) is 5.82 Å². The first-order chi connectivity index (χ1) is 11.6. The standard InChI is InChI=1S/C18H15Cl2N3S/c1-12-22-8-9-23(12)14-3-5-15(6-4-14)24-18(11-21)16-7-2-13(19)10-17(16)20/h2-11,18,21H,1H3. The Morgan fingerprint density at radius 1 is 1.17 bits per heavy atom. The van der Waals surface area contributed by atoms with Gasteiger partial charge in [-0.1, -0.05) is 29.3 Å². The Kier molecular flexibility index (Phi) is 5.29. The summed E-state index contributed by atoms with van der Waals surface area (Å²) in [6, 6.07) is 13.5. The Morgan fingerprint density at radius 2 is 1.92 bits per heavy atom. The van der Waals surface area contributed by atoms with E-state index in [1.165, 1.54) is 6.21 Å². The lowest BCUT2D eigenvalue weighted by Crippen LogP contribution is -1.97. The average molecular weight is 376 g/mol. The number of aryl methyl sites for hydroxylation is 1. The summed E-state index contributed by atoms with van der Waals surface area (Å²) in [5.41, 5.74) is 1.95. The highest BCUT2D eigenvalue weighted by atomic mass is 35.5. The minimum absolute atomic E-state index is 0.157. The Morgan fingerprint density at radius 3 is 2.50 bits per heavy atom. The molecule has 24 heavy (non-hydrogen) atoms. The third kappa shape index (κ3) is 3.66. The van der Waals surface area contributed by atoms with Crippen molar-refractivity contribution in [3.05, 3.63) is 76.3 Å². The monoisotopic (exact) mass is 375 g/mol. The zero-order chi connectivity index (χ0) is 17.1. The van der Waals surface area contributed by atoms with E-state index in [4.69, 9.17) is 28.6 Å². The molecule has 0 aliphatic carbocycles. The summed E-state index contributed by atoms with van der Waals surface area (Å²) in [4.78, 5) is 5.30. The summed E-state index contributed by atoms with van der Waals surface area (Å²) >= 11 is 13.8. The maximum atomic E-state index is 7.73. The number of hydrogen-bond donors (Lipinski definition) is 1. The first-order valence-corrected chi connectivity index (χ1v) is 8.94. The number of imidazole rings is 1. The van der Waals surface area contributed by atoms with Gasteiger partial charge in [-0.3, -0.25) is 0 Å². The molecule has 6 heteroatoms. The van der Waals surface area contributed by atoms with Crippen LogP contribution in [0.15, 0.2) is 59.8 Å². The maximum absolute atomic E-state index is 7.73. The van der Waals surface area contributed by atoms with Gasteiger partial charge in [-0.15, -0.1) is 11.8 Å². The predicted molar refractivity (Wildman–Crippen MR) is 102 cm³/mol. The Balaban J connectivity index is 1.81. The molecular weight excluding hydrogens is 361 g/mol. The van der Waals surface area contributed by atoms with E-state index in [1.54, 1.807) is 30.1 Å². The fraction of sp³-hybridized carbons (Fsp3) is 0.111. The van der Waals surface area contributed by atoms with Crippen LogP contribution in [0.3, 0.4) is 0 Å². The van der Waals surface area contributed by atoms with Crippen molar-refractivity contribution in [1.82, 2.24) is 9.55 Å². The molecule has 1 atom stereocenters. The number of thioether (sulfide) groups is 1. The van der Waals surface area contributed by atoms with Gasteiger partial charge in [-0.05, 0) is 48.9 Å². The molecule has 0 aliphatic rings. The number of benzene rings is 2. The van der Waals surface area contributed by atoms with E-state index in [1.807, 2.05) is 48.0 Å². The Bertz CT molecular complexity index is 859. The Labute approximate surface area is 155 Å². The van der Waals surface area contributed by atoms with Crippen LogP contribution in [0.4, 0.5) is 0 Å². The van der Waals surface area contributed by atoms with Gasteiger partial charge in [0.15, 0.2) is 0 Å². The summed E-state index contributed by atoms with van der Waals surface area (Å²) in [6.07, 6.45) is 5.12. The molecule has 0 fully saturated rings. The molecule has 1 heterocycles. The van der Waals surface area contributed by atoms with Crippen molar-refractivity contribution in [2.75, 3.05) is 0 Å². The van der Waals surface area contributed by atoms with Crippen molar-refractivity contribution in [2.24, 2.45) is 0 Å². The summed E-state index contributed by atoms with van der Waals surface area (Å²) < 4.78 is 2.03. The fourth-order valence-corrected chi connectivity index (χ4v) is 3.98. The minimum atomic E-state index is -0.157. The van der Waals surface area contributed by atoms with E-state index in [2.05, 4.69) is 4.98 Å². The van der Waals surface area contributed by atoms with Crippen molar-refractivity contribution in [3.63, 3.8) is 0 Å². The third-order valence-corrected chi connectivity index (χ3v) is 5.37. The van der Waals surface area contributed by atoms with Crippen LogP contribution in [0.2, 0.25) is 10.0 Å². The van der Waals surface area contributed by atoms with Crippen molar-refractivity contribution in [2.45, 2.75) is 17.1 Å². The number of rotatable bonds is 5. The average Bonchev–Trinajstić information content (AvgIpc) is 3.00. The van der Waals surface area contributed by atoms with Gasteiger partial charge in [0.2, 0.25) is 0 Å².